The minimum Gasteiger partial charge on any atom is -0.357 e. The van der Waals surface area contributed by atoms with Crippen molar-refractivity contribution < 1.29 is 4.74 Å². The molecule has 2 fully saturated rings. The van der Waals surface area contributed by atoms with Gasteiger partial charge in [0.25, 0.3) is 0 Å². The smallest absolute Gasteiger partial charge is 0.150 e. The SMILES string of the molecule is c1cc2c(cc1-c1cnn(C3CCCCO3)c1)ncn2CC1CCNC1. The van der Waals surface area contributed by atoms with Crippen LogP contribution in [0.3, 0.4) is 0 Å². The number of hydrogen-bond donors (Lipinski definition) is 1. The zero-order chi connectivity index (χ0) is 17.3. The maximum absolute atomic E-state index is 5.83. The van der Waals surface area contributed by atoms with Crippen LogP contribution in [-0.4, -0.2) is 39.0 Å². The minimum absolute atomic E-state index is 0.0838. The highest BCUT2D eigenvalue weighted by molar-refractivity contribution is 5.81. The van der Waals surface area contributed by atoms with Gasteiger partial charge in [0.1, 0.15) is 6.23 Å². The number of nitrogens with zero attached hydrogens (tertiary/aromatic N) is 4. The summed E-state index contributed by atoms with van der Waals surface area (Å²) in [7, 11) is 0. The van der Waals surface area contributed by atoms with E-state index in [0.29, 0.717) is 5.92 Å². The van der Waals surface area contributed by atoms with Gasteiger partial charge in [0.2, 0.25) is 0 Å². The van der Waals surface area contributed by atoms with Gasteiger partial charge >= 0.3 is 0 Å². The molecular weight excluding hydrogens is 326 g/mol. The summed E-state index contributed by atoms with van der Waals surface area (Å²) < 4.78 is 10.1. The van der Waals surface area contributed by atoms with Crippen LogP contribution in [0.5, 0.6) is 0 Å². The molecule has 0 aliphatic carbocycles. The van der Waals surface area contributed by atoms with Crippen molar-refractivity contribution in [3.63, 3.8) is 0 Å². The van der Waals surface area contributed by atoms with Gasteiger partial charge in [0, 0.05) is 24.9 Å². The van der Waals surface area contributed by atoms with E-state index >= 15 is 0 Å². The standard InChI is InChI=1S/C20H25N5O/c1-2-8-26-20(3-1)25-13-17(11-23-25)16-4-5-19-18(9-16)22-14-24(19)12-15-6-7-21-10-15/h4-5,9,11,13-15,20-21H,1-3,6-8,10,12H2. The molecular formula is C20H25N5O. The maximum Gasteiger partial charge on any atom is 0.150 e. The molecule has 0 saturated carbocycles. The van der Waals surface area contributed by atoms with E-state index in [9.17, 15) is 0 Å². The summed E-state index contributed by atoms with van der Waals surface area (Å²) in [4.78, 5) is 4.63. The normalized spacial score (nSPS) is 23.7. The monoisotopic (exact) mass is 351 g/mol. The number of aromatic nitrogens is 4. The second kappa shape index (κ2) is 6.85. The lowest BCUT2D eigenvalue weighted by atomic mass is 10.1. The van der Waals surface area contributed by atoms with Crippen LogP contribution in [0, 0.1) is 5.92 Å². The lowest BCUT2D eigenvalue weighted by Gasteiger charge is -2.22. The van der Waals surface area contributed by atoms with Crippen LogP contribution in [0.4, 0.5) is 0 Å². The lowest BCUT2D eigenvalue weighted by molar-refractivity contribution is -0.0394. The van der Waals surface area contributed by atoms with E-state index in [0.717, 1.165) is 55.7 Å². The fourth-order valence-electron chi connectivity index (χ4n) is 4.11. The van der Waals surface area contributed by atoms with E-state index in [4.69, 9.17) is 4.74 Å². The molecule has 4 heterocycles. The Morgan fingerprint density at radius 1 is 1.19 bits per heavy atom. The second-order valence-electron chi connectivity index (χ2n) is 7.49. The third-order valence-electron chi connectivity index (χ3n) is 5.62. The first kappa shape index (κ1) is 16.0. The number of fused-ring (bicyclic) bond motifs is 1. The summed E-state index contributed by atoms with van der Waals surface area (Å²) >= 11 is 0. The summed E-state index contributed by atoms with van der Waals surface area (Å²) in [6, 6.07) is 6.53. The van der Waals surface area contributed by atoms with Gasteiger partial charge in [-0.25, -0.2) is 9.67 Å². The Bertz CT molecular complexity index is 887. The molecule has 6 nitrogen and oxygen atoms in total. The average molecular weight is 351 g/mol. The third-order valence-corrected chi connectivity index (χ3v) is 5.62. The molecule has 3 aromatic rings. The van der Waals surface area contributed by atoms with Crippen LogP contribution in [0.25, 0.3) is 22.2 Å². The zero-order valence-electron chi connectivity index (χ0n) is 15.0. The molecule has 1 N–H and O–H groups in total. The Morgan fingerprint density at radius 3 is 3.04 bits per heavy atom. The molecule has 5 rings (SSSR count). The van der Waals surface area contributed by atoms with Gasteiger partial charge in [-0.2, -0.15) is 5.10 Å². The molecule has 2 aliphatic rings. The van der Waals surface area contributed by atoms with E-state index in [2.05, 4.69) is 44.4 Å². The Hall–Kier alpha value is -2.18. The van der Waals surface area contributed by atoms with Crippen molar-refractivity contribution in [1.82, 2.24) is 24.6 Å². The molecule has 26 heavy (non-hydrogen) atoms. The van der Waals surface area contributed by atoms with Crippen LogP contribution in [-0.2, 0) is 11.3 Å². The Labute approximate surface area is 153 Å². The first-order valence-electron chi connectivity index (χ1n) is 9.68. The van der Waals surface area contributed by atoms with Gasteiger partial charge in [-0.05, 0) is 62.4 Å². The first-order valence-corrected chi connectivity index (χ1v) is 9.68. The van der Waals surface area contributed by atoms with Crippen molar-refractivity contribution in [2.45, 2.75) is 38.5 Å². The first-order chi connectivity index (χ1) is 12.9. The molecule has 0 radical (unpaired) electrons. The lowest BCUT2D eigenvalue weighted by Crippen LogP contribution is -2.18. The molecule has 0 bridgehead atoms. The summed E-state index contributed by atoms with van der Waals surface area (Å²) in [5.41, 5.74) is 4.54. The fraction of sp³-hybridized carbons (Fsp3) is 0.500. The van der Waals surface area contributed by atoms with Crippen LogP contribution >= 0.6 is 0 Å². The highest BCUT2D eigenvalue weighted by Crippen LogP contribution is 2.27. The number of benzene rings is 1. The van der Waals surface area contributed by atoms with Gasteiger partial charge in [-0.15, -0.1) is 0 Å². The van der Waals surface area contributed by atoms with Crippen LogP contribution < -0.4 is 5.32 Å². The van der Waals surface area contributed by atoms with Crippen molar-refractivity contribution in [3.8, 4) is 11.1 Å². The number of ether oxygens (including phenoxy) is 1. The van der Waals surface area contributed by atoms with Crippen molar-refractivity contribution in [2.75, 3.05) is 19.7 Å². The van der Waals surface area contributed by atoms with E-state index < -0.39 is 0 Å². The van der Waals surface area contributed by atoms with Crippen LogP contribution in [0.2, 0.25) is 0 Å². The summed E-state index contributed by atoms with van der Waals surface area (Å²) in [6.07, 6.45) is 10.7. The maximum atomic E-state index is 5.83. The van der Waals surface area contributed by atoms with Crippen molar-refractivity contribution in [2.24, 2.45) is 5.92 Å². The quantitative estimate of drug-likeness (QED) is 0.784. The molecule has 6 heteroatoms. The molecule has 2 aromatic heterocycles. The fourth-order valence-corrected chi connectivity index (χ4v) is 4.11. The predicted octanol–water partition coefficient (Wildman–Crippen LogP) is 3.21. The largest absolute Gasteiger partial charge is 0.357 e. The van der Waals surface area contributed by atoms with Crippen molar-refractivity contribution in [3.05, 3.63) is 36.9 Å². The minimum atomic E-state index is 0.0838. The number of hydrogen-bond acceptors (Lipinski definition) is 4. The van der Waals surface area contributed by atoms with Crippen LogP contribution in [0.1, 0.15) is 31.9 Å². The number of nitrogens with one attached hydrogen (secondary N) is 1. The molecule has 2 atom stereocenters. The summed E-state index contributed by atoms with van der Waals surface area (Å²) in [5, 5.41) is 7.97. The number of imidazole rings is 1. The Balaban J connectivity index is 1.38. The Morgan fingerprint density at radius 2 is 2.19 bits per heavy atom. The van der Waals surface area contributed by atoms with Crippen molar-refractivity contribution in [1.29, 1.82) is 0 Å². The van der Waals surface area contributed by atoms with Crippen LogP contribution in [0.15, 0.2) is 36.9 Å². The third kappa shape index (κ3) is 3.04. The molecule has 2 unspecified atom stereocenters. The second-order valence-corrected chi connectivity index (χ2v) is 7.49. The van der Waals surface area contributed by atoms with Crippen molar-refractivity contribution >= 4 is 11.0 Å². The molecule has 1 aromatic carbocycles. The van der Waals surface area contributed by atoms with Gasteiger partial charge in [-0.3, -0.25) is 0 Å². The molecule has 136 valence electrons. The van der Waals surface area contributed by atoms with Gasteiger partial charge in [0.15, 0.2) is 0 Å². The van der Waals surface area contributed by atoms with E-state index in [1.54, 1.807) is 0 Å². The summed E-state index contributed by atoms with van der Waals surface area (Å²) in [6.45, 7) is 4.12. The number of rotatable bonds is 4. The highest BCUT2D eigenvalue weighted by Gasteiger charge is 2.18. The molecule has 0 amide bonds. The predicted molar refractivity (Wildman–Crippen MR) is 101 cm³/mol. The van der Waals surface area contributed by atoms with E-state index in [1.807, 2.05) is 17.2 Å². The Kier molecular flexibility index (Phi) is 4.22. The van der Waals surface area contributed by atoms with Gasteiger partial charge in [-0.1, -0.05) is 6.07 Å². The average Bonchev–Trinajstić information content (AvgIpc) is 3.44. The van der Waals surface area contributed by atoms with E-state index in [1.165, 1.54) is 18.4 Å². The zero-order valence-corrected chi connectivity index (χ0v) is 15.0. The van der Waals surface area contributed by atoms with Gasteiger partial charge < -0.3 is 14.6 Å². The van der Waals surface area contributed by atoms with Gasteiger partial charge in [0.05, 0.1) is 23.6 Å². The molecule has 2 saturated heterocycles. The summed E-state index contributed by atoms with van der Waals surface area (Å²) in [5.74, 6) is 0.709. The topological polar surface area (TPSA) is 56.9 Å². The van der Waals surface area contributed by atoms with E-state index in [-0.39, 0.29) is 6.23 Å². The molecule has 2 aliphatic heterocycles. The molecule has 0 spiro atoms. The highest BCUT2D eigenvalue weighted by atomic mass is 16.5.